The number of carbonyl (C=O) groups is 2. The molecule has 2 heterocycles. The topological polar surface area (TPSA) is 67.2 Å². The number of amides is 2. The van der Waals surface area contributed by atoms with Crippen molar-refractivity contribution < 1.29 is 9.59 Å². The van der Waals surface area contributed by atoms with Crippen molar-refractivity contribution in [3.05, 3.63) is 94.5 Å². The average Bonchev–Trinajstić information content (AvgIpc) is 3.52. The van der Waals surface area contributed by atoms with E-state index in [0.717, 1.165) is 21.8 Å². The van der Waals surface area contributed by atoms with Crippen LogP contribution in [0, 0.1) is 0 Å². The zero-order valence-electron chi connectivity index (χ0n) is 18.1. The Hall–Kier alpha value is -3.42. The van der Waals surface area contributed by atoms with Crippen LogP contribution in [-0.2, 0) is 11.3 Å². The molecule has 0 spiro atoms. The molecular weight excluding hydrogens is 456 g/mol. The average molecular weight is 479 g/mol. The number of aromatic nitrogens is 2. The second-order valence-corrected chi connectivity index (χ2v) is 8.75. The lowest BCUT2D eigenvalue weighted by atomic mass is 10.2. The maximum Gasteiger partial charge on any atom is 0.273 e. The maximum atomic E-state index is 13.5. The first-order valence-corrected chi connectivity index (χ1v) is 11.8. The summed E-state index contributed by atoms with van der Waals surface area (Å²) >= 11 is 7.47. The van der Waals surface area contributed by atoms with Gasteiger partial charge >= 0.3 is 0 Å². The van der Waals surface area contributed by atoms with E-state index in [1.807, 2.05) is 66.9 Å². The molecule has 4 aromatic rings. The highest BCUT2D eigenvalue weighted by molar-refractivity contribution is 7.13. The summed E-state index contributed by atoms with van der Waals surface area (Å²) in [4.78, 5) is 28.6. The molecule has 0 atom stereocenters. The van der Waals surface area contributed by atoms with Crippen LogP contribution in [0.5, 0.6) is 0 Å². The Labute approximate surface area is 201 Å². The first kappa shape index (κ1) is 22.8. The summed E-state index contributed by atoms with van der Waals surface area (Å²) < 4.78 is 1.64. The highest BCUT2D eigenvalue weighted by Crippen LogP contribution is 2.26. The molecule has 168 valence electrons. The number of hydrogen-bond acceptors (Lipinski definition) is 4. The van der Waals surface area contributed by atoms with E-state index >= 15 is 0 Å². The number of halogens is 1. The molecule has 0 radical (unpaired) electrons. The third-order valence-corrected chi connectivity index (χ3v) is 6.25. The summed E-state index contributed by atoms with van der Waals surface area (Å²) in [5.41, 5.74) is 2.86. The molecule has 0 saturated heterocycles. The number of thiophene rings is 1. The quantitative estimate of drug-likeness (QED) is 0.386. The van der Waals surface area contributed by atoms with E-state index in [4.69, 9.17) is 16.7 Å². The van der Waals surface area contributed by atoms with Gasteiger partial charge in [-0.3, -0.25) is 9.59 Å². The van der Waals surface area contributed by atoms with Gasteiger partial charge in [-0.25, -0.2) is 4.68 Å². The van der Waals surface area contributed by atoms with Crippen LogP contribution in [0.15, 0.2) is 78.2 Å². The van der Waals surface area contributed by atoms with Gasteiger partial charge in [-0.15, -0.1) is 11.3 Å². The second kappa shape index (κ2) is 10.5. The Bertz CT molecular complexity index is 1220. The summed E-state index contributed by atoms with van der Waals surface area (Å²) in [6, 6.07) is 22.5. The summed E-state index contributed by atoms with van der Waals surface area (Å²) in [7, 11) is 0. The molecule has 0 saturated carbocycles. The minimum absolute atomic E-state index is 0.0444. The van der Waals surface area contributed by atoms with Crippen LogP contribution in [0.3, 0.4) is 0 Å². The van der Waals surface area contributed by atoms with Crippen LogP contribution in [0.25, 0.3) is 16.3 Å². The van der Waals surface area contributed by atoms with E-state index in [-0.39, 0.29) is 18.4 Å². The highest BCUT2D eigenvalue weighted by atomic mass is 35.5. The number of likely N-dealkylation sites (N-methyl/N-ethyl adjacent to an activating group) is 1. The van der Waals surface area contributed by atoms with Crippen LogP contribution in [0.4, 0.5) is 0 Å². The summed E-state index contributed by atoms with van der Waals surface area (Å²) in [6.07, 6.45) is 0. The predicted octanol–water partition coefficient (Wildman–Crippen LogP) is 5.03. The van der Waals surface area contributed by atoms with Gasteiger partial charge in [-0.2, -0.15) is 5.10 Å². The fraction of sp³-hybridized carbons (Fsp3) is 0.160. The van der Waals surface area contributed by atoms with Crippen LogP contribution < -0.4 is 5.32 Å². The lowest BCUT2D eigenvalue weighted by Gasteiger charge is -2.21. The van der Waals surface area contributed by atoms with E-state index in [1.54, 1.807) is 34.2 Å². The summed E-state index contributed by atoms with van der Waals surface area (Å²) in [5.74, 6) is -0.484. The Morgan fingerprint density at radius 1 is 1.06 bits per heavy atom. The molecule has 2 amide bonds. The Morgan fingerprint density at radius 2 is 1.82 bits per heavy atom. The molecule has 8 heteroatoms. The third-order valence-electron chi connectivity index (χ3n) is 5.11. The van der Waals surface area contributed by atoms with Crippen molar-refractivity contribution >= 4 is 34.8 Å². The van der Waals surface area contributed by atoms with E-state index in [1.165, 1.54) is 4.90 Å². The predicted molar refractivity (Wildman–Crippen MR) is 132 cm³/mol. The standard InChI is InChI=1S/C25H23ClN4O2S/c1-2-29(17-24(31)27-16-18-10-12-19(26)13-11-18)25(32)22-15-21(23-9-6-14-33-23)28-30(22)20-7-4-3-5-8-20/h3-15H,2,16-17H2,1H3,(H,27,31). The molecule has 0 aliphatic rings. The van der Waals surface area contributed by atoms with Crippen molar-refractivity contribution in [1.29, 1.82) is 0 Å². The van der Waals surface area contributed by atoms with Gasteiger partial charge < -0.3 is 10.2 Å². The molecule has 33 heavy (non-hydrogen) atoms. The molecule has 0 bridgehead atoms. The van der Waals surface area contributed by atoms with Crippen LogP contribution in [0.1, 0.15) is 23.0 Å². The molecule has 4 rings (SSSR count). The van der Waals surface area contributed by atoms with Crippen molar-refractivity contribution in [3.8, 4) is 16.3 Å². The summed E-state index contributed by atoms with van der Waals surface area (Å²) in [5, 5.41) is 10.2. The van der Waals surface area contributed by atoms with Gasteiger partial charge in [0.05, 0.1) is 17.1 Å². The van der Waals surface area contributed by atoms with Gasteiger partial charge in [0.25, 0.3) is 5.91 Å². The minimum atomic E-state index is -0.252. The van der Waals surface area contributed by atoms with E-state index < -0.39 is 0 Å². The first-order chi connectivity index (χ1) is 16.0. The van der Waals surface area contributed by atoms with Crippen LogP contribution in [0.2, 0.25) is 5.02 Å². The molecular formula is C25H23ClN4O2S. The molecule has 0 fully saturated rings. The van der Waals surface area contributed by atoms with Crippen LogP contribution >= 0.6 is 22.9 Å². The number of nitrogens with zero attached hydrogens (tertiary/aromatic N) is 3. The zero-order chi connectivity index (χ0) is 23.2. The smallest absolute Gasteiger partial charge is 0.273 e. The molecule has 6 nitrogen and oxygen atoms in total. The van der Waals surface area contributed by atoms with Gasteiger partial charge in [0.2, 0.25) is 5.91 Å². The monoisotopic (exact) mass is 478 g/mol. The van der Waals surface area contributed by atoms with E-state index in [2.05, 4.69) is 5.32 Å². The number of rotatable bonds is 8. The molecule has 2 aromatic heterocycles. The number of nitrogens with one attached hydrogen (secondary N) is 1. The van der Waals surface area contributed by atoms with Crippen molar-refractivity contribution in [2.45, 2.75) is 13.5 Å². The SMILES string of the molecule is CCN(CC(=O)NCc1ccc(Cl)cc1)C(=O)c1cc(-c2cccs2)nn1-c1ccccc1. The van der Waals surface area contributed by atoms with Gasteiger partial charge in [0, 0.05) is 18.1 Å². The van der Waals surface area contributed by atoms with Gasteiger partial charge in [0.1, 0.15) is 11.4 Å². The maximum absolute atomic E-state index is 13.5. The van der Waals surface area contributed by atoms with Crippen molar-refractivity contribution in [2.24, 2.45) is 0 Å². The number of para-hydroxylation sites is 1. The molecule has 0 unspecified atom stereocenters. The fourth-order valence-electron chi connectivity index (χ4n) is 3.37. The van der Waals surface area contributed by atoms with E-state index in [9.17, 15) is 9.59 Å². The van der Waals surface area contributed by atoms with Gasteiger partial charge in [-0.1, -0.05) is 48.0 Å². The lowest BCUT2D eigenvalue weighted by Crippen LogP contribution is -2.41. The van der Waals surface area contributed by atoms with E-state index in [0.29, 0.717) is 23.8 Å². The number of hydrogen-bond donors (Lipinski definition) is 1. The minimum Gasteiger partial charge on any atom is -0.350 e. The Balaban J connectivity index is 1.53. The van der Waals surface area contributed by atoms with Gasteiger partial charge in [0.15, 0.2) is 0 Å². The second-order valence-electron chi connectivity index (χ2n) is 7.36. The van der Waals surface area contributed by atoms with Crippen molar-refractivity contribution in [2.75, 3.05) is 13.1 Å². The molecule has 1 N–H and O–H groups in total. The largest absolute Gasteiger partial charge is 0.350 e. The molecule has 0 aliphatic heterocycles. The highest BCUT2D eigenvalue weighted by Gasteiger charge is 2.24. The molecule has 0 aliphatic carbocycles. The lowest BCUT2D eigenvalue weighted by molar-refractivity contribution is -0.121. The van der Waals surface area contributed by atoms with Crippen molar-refractivity contribution in [1.82, 2.24) is 20.0 Å². The Morgan fingerprint density at radius 3 is 2.48 bits per heavy atom. The van der Waals surface area contributed by atoms with Crippen molar-refractivity contribution in [3.63, 3.8) is 0 Å². The summed E-state index contributed by atoms with van der Waals surface area (Å²) in [6.45, 7) is 2.57. The van der Waals surface area contributed by atoms with Gasteiger partial charge in [-0.05, 0) is 54.3 Å². The Kier molecular flexibility index (Phi) is 7.22. The number of carbonyl (C=O) groups excluding carboxylic acids is 2. The number of benzene rings is 2. The molecule has 2 aromatic carbocycles. The van der Waals surface area contributed by atoms with Crippen LogP contribution in [-0.4, -0.2) is 39.6 Å². The normalized spacial score (nSPS) is 10.7. The first-order valence-electron chi connectivity index (χ1n) is 10.5. The fourth-order valence-corrected chi connectivity index (χ4v) is 4.17. The third kappa shape index (κ3) is 5.50. The zero-order valence-corrected chi connectivity index (χ0v) is 19.6.